The van der Waals surface area contributed by atoms with Gasteiger partial charge in [-0.1, -0.05) is 18.2 Å². The molecular formula is C22H24ClN7. The van der Waals surface area contributed by atoms with Crippen molar-refractivity contribution in [3.8, 4) is 6.07 Å². The van der Waals surface area contributed by atoms with Crippen LogP contribution >= 0.6 is 11.6 Å². The first-order chi connectivity index (χ1) is 14.5. The van der Waals surface area contributed by atoms with Crippen molar-refractivity contribution in [2.75, 3.05) is 36.8 Å². The summed E-state index contributed by atoms with van der Waals surface area (Å²) >= 11 is 5.94. The topological polar surface area (TPSA) is 94.4 Å². The van der Waals surface area contributed by atoms with Crippen LogP contribution in [-0.2, 0) is 0 Å². The Morgan fingerprint density at radius 1 is 1.27 bits per heavy atom. The largest absolute Gasteiger partial charge is 0.398 e. The molecule has 8 heteroatoms. The van der Waals surface area contributed by atoms with Gasteiger partial charge in [0.05, 0.1) is 11.8 Å². The molecule has 154 valence electrons. The number of benzene rings is 1. The number of aromatic nitrogens is 2. The van der Waals surface area contributed by atoms with Crippen molar-refractivity contribution >= 4 is 29.3 Å². The summed E-state index contributed by atoms with van der Waals surface area (Å²) in [4.78, 5) is 18.1. The van der Waals surface area contributed by atoms with Crippen LogP contribution in [0.15, 0.2) is 48.0 Å². The normalized spacial score (nSPS) is 17.7. The summed E-state index contributed by atoms with van der Waals surface area (Å²) in [5, 5.41) is 9.73. The van der Waals surface area contributed by atoms with Crippen LogP contribution in [0.4, 0.5) is 11.5 Å². The zero-order valence-corrected chi connectivity index (χ0v) is 17.5. The third-order valence-electron chi connectivity index (χ3n) is 5.72. The molecule has 2 aliphatic rings. The predicted molar refractivity (Wildman–Crippen MR) is 119 cm³/mol. The molecular weight excluding hydrogens is 398 g/mol. The van der Waals surface area contributed by atoms with Crippen LogP contribution in [0.2, 0.25) is 5.02 Å². The van der Waals surface area contributed by atoms with Crippen molar-refractivity contribution < 1.29 is 0 Å². The van der Waals surface area contributed by atoms with Gasteiger partial charge in [-0.05, 0) is 31.0 Å². The van der Waals surface area contributed by atoms with Crippen LogP contribution in [-0.4, -0.2) is 47.3 Å². The lowest BCUT2D eigenvalue weighted by Crippen LogP contribution is -2.45. The van der Waals surface area contributed by atoms with E-state index < -0.39 is 0 Å². The van der Waals surface area contributed by atoms with Gasteiger partial charge in [0.1, 0.15) is 5.82 Å². The first-order valence-electron chi connectivity index (χ1n) is 10.0. The molecule has 2 saturated heterocycles. The summed E-state index contributed by atoms with van der Waals surface area (Å²) < 4.78 is 0. The molecule has 0 atom stereocenters. The van der Waals surface area contributed by atoms with Gasteiger partial charge in [0, 0.05) is 72.9 Å². The molecule has 2 fully saturated rings. The van der Waals surface area contributed by atoms with Crippen LogP contribution < -0.4 is 10.6 Å². The second kappa shape index (κ2) is 8.72. The monoisotopic (exact) mass is 421 g/mol. The highest BCUT2D eigenvalue weighted by Crippen LogP contribution is 2.34. The first kappa shape index (κ1) is 20.2. The molecule has 2 N–H and O–H groups in total. The molecule has 0 amide bonds. The lowest BCUT2D eigenvalue weighted by Gasteiger charge is -2.41. The molecule has 1 aromatic heterocycles. The molecule has 2 aliphatic heterocycles. The van der Waals surface area contributed by atoms with E-state index in [1.54, 1.807) is 30.7 Å². The number of piperidine rings is 1. The van der Waals surface area contributed by atoms with E-state index in [-0.39, 0.29) is 11.8 Å². The Hall–Kier alpha value is -3.11. The highest BCUT2D eigenvalue weighted by Gasteiger charge is 2.34. The van der Waals surface area contributed by atoms with Crippen LogP contribution in [0.3, 0.4) is 0 Å². The van der Waals surface area contributed by atoms with Crippen molar-refractivity contribution in [3.05, 3.63) is 59.3 Å². The Labute approximate surface area is 181 Å². The van der Waals surface area contributed by atoms with Gasteiger partial charge < -0.3 is 15.5 Å². The van der Waals surface area contributed by atoms with Gasteiger partial charge in [-0.15, -0.1) is 0 Å². The Morgan fingerprint density at radius 3 is 2.70 bits per heavy atom. The molecule has 1 aromatic carbocycles. The second-order valence-corrected chi connectivity index (χ2v) is 8.14. The Bertz CT molecular complexity index is 999. The van der Waals surface area contributed by atoms with Gasteiger partial charge >= 0.3 is 0 Å². The van der Waals surface area contributed by atoms with Crippen LogP contribution in [0.25, 0.3) is 0 Å². The molecule has 2 aromatic rings. The summed E-state index contributed by atoms with van der Waals surface area (Å²) in [5.41, 5.74) is 8.40. The first-order valence-corrected chi connectivity index (χ1v) is 10.4. The van der Waals surface area contributed by atoms with Crippen LogP contribution in [0.1, 0.15) is 30.0 Å². The zero-order chi connectivity index (χ0) is 21.1. The number of aliphatic imine (C=N–C) groups is 1. The van der Waals surface area contributed by atoms with Gasteiger partial charge in [-0.3, -0.25) is 4.98 Å². The number of nitrogens with zero attached hydrogens (tertiary/aromatic N) is 6. The zero-order valence-electron chi connectivity index (χ0n) is 16.7. The number of nitrogen functional groups attached to an aromatic ring is 1. The standard InChI is InChI=1S/C22H24ClN7/c1-15(28-12-17-2-3-19(23)10-20(17)25)30-13-18(14-30)21-22(27-7-6-26-21)29-8-4-16(11-24)5-9-29/h2-3,6-7,10,12,16,18H,1,4-5,8-9,13-14,25H2. The van der Waals surface area contributed by atoms with E-state index in [1.807, 2.05) is 6.07 Å². The Morgan fingerprint density at radius 2 is 2.00 bits per heavy atom. The highest BCUT2D eigenvalue weighted by molar-refractivity contribution is 6.31. The minimum atomic E-state index is 0.149. The summed E-state index contributed by atoms with van der Waals surface area (Å²) in [6.07, 6.45) is 6.96. The predicted octanol–water partition coefficient (Wildman–Crippen LogP) is 3.44. The van der Waals surface area contributed by atoms with E-state index in [0.717, 1.165) is 56.1 Å². The summed E-state index contributed by atoms with van der Waals surface area (Å²) in [6.45, 7) is 7.37. The van der Waals surface area contributed by atoms with E-state index in [1.165, 1.54) is 0 Å². The fourth-order valence-corrected chi connectivity index (χ4v) is 4.03. The molecule has 30 heavy (non-hydrogen) atoms. The molecule has 0 aliphatic carbocycles. The number of halogens is 1. The molecule has 0 spiro atoms. The van der Waals surface area contributed by atoms with E-state index in [9.17, 15) is 0 Å². The fourth-order valence-electron chi connectivity index (χ4n) is 3.84. The van der Waals surface area contributed by atoms with Crippen molar-refractivity contribution in [1.82, 2.24) is 14.9 Å². The minimum absolute atomic E-state index is 0.149. The van der Waals surface area contributed by atoms with E-state index >= 15 is 0 Å². The molecule has 0 bridgehead atoms. The highest BCUT2D eigenvalue weighted by atomic mass is 35.5. The molecule has 7 nitrogen and oxygen atoms in total. The van der Waals surface area contributed by atoms with Crippen molar-refractivity contribution in [3.63, 3.8) is 0 Å². The minimum Gasteiger partial charge on any atom is -0.398 e. The van der Waals surface area contributed by atoms with Gasteiger partial charge in [-0.2, -0.15) is 5.26 Å². The van der Waals surface area contributed by atoms with Crippen molar-refractivity contribution in [1.29, 1.82) is 5.26 Å². The fraction of sp³-hybridized carbons (Fsp3) is 0.364. The quantitative estimate of drug-likeness (QED) is 0.587. The number of hydrogen-bond donors (Lipinski definition) is 1. The third-order valence-corrected chi connectivity index (χ3v) is 5.95. The van der Waals surface area contributed by atoms with Gasteiger partial charge in [0.2, 0.25) is 0 Å². The molecule has 0 unspecified atom stereocenters. The van der Waals surface area contributed by atoms with Crippen LogP contribution in [0, 0.1) is 17.2 Å². The number of rotatable bonds is 5. The maximum Gasteiger partial charge on any atom is 0.150 e. The number of likely N-dealkylation sites (tertiary alicyclic amines) is 1. The molecule has 4 rings (SSSR count). The summed E-state index contributed by atoms with van der Waals surface area (Å²) in [7, 11) is 0. The van der Waals surface area contributed by atoms with Crippen LogP contribution in [0.5, 0.6) is 0 Å². The Kier molecular flexibility index (Phi) is 5.86. The van der Waals surface area contributed by atoms with Gasteiger partial charge in [0.25, 0.3) is 0 Å². The molecule has 3 heterocycles. The summed E-state index contributed by atoms with van der Waals surface area (Å²) in [6, 6.07) is 7.72. The second-order valence-electron chi connectivity index (χ2n) is 7.71. The maximum absolute atomic E-state index is 9.13. The molecule has 0 saturated carbocycles. The Balaban J connectivity index is 1.38. The number of nitrogens with two attached hydrogens (primary N) is 1. The van der Waals surface area contributed by atoms with Gasteiger partial charge in [-0.25, -0.2) is 9.98 Å². The smallest absolute Gasteiger partial charge is 0.150 e. The average Bonchev–Trinajstić information content (AvgIpc) is 2.72. The average molecular weight is 422 g/mol. The van der Waals surface area contributed by atoms with Gasteiger partial charge in [0.15, 0.2) is 5.82 Å². The van der Waals surface area contributed by atoms with Crippen molar-refractivity contribution in [2.45, 2.75) is 18.8 Å². The third kappa shape index (κ3) is 4.24. The maximum atomic E-state index is 9.13. The molecule has 0 radical (unpaired) electrons. The van der Waals surface area contributed by atoms with E-state index in [4.69, 9.17) is 22.6 Å². The van der Waals surface area contributed by atoms with E-state index in [2.05, 4.69) is 37.4 Å². The summed E-state index contributed by atoms with van der Waals surface area (Å²) in [5.74, 6) is 2.08. The number of anilines is 2. The van der Waals surface area contributed by atoms with E-state index in [0.29, 0.717) is 16.5 Å². The SMILES string of the molecule is C=C(N=Cc1ccc(Cl)cc1N)N1CC(c2nccnc2N2CCC(C#N)CC2)C1. The number of nitriles is 1. The lowest BCUT2D eigenvalue weighted by atomic mass is 9.94. The number of hydrogen-bond acceptors (Lipinski definition) is 7. The lowest BCUT2D eigenvalue weighted by molar-refractivity contribution is 0.195. The van der Waals surface area contributed by atoms with Crippen molar-refractivity contribution in [2.24, 2.45) is 10.9 Å².